The van der Waals surface area contributed by atoms with Gasteiger partial charge in [-0.1, -0.05) is 89.8 Å². The van der Waals surface area contributed by atoms with Gasteiger partial charge in [0.25, 0.3) is 0 Å². The predicted molar refractivity (Wildman–Crippen MR) is 258 cm³/mol. The van der Waals surface area contributed by atoms with E-state index in [0.717, 1.165) is 51.9 Å². The zero-order chi connectivity index (χ0) is 52.1. The van der Waals surface area contributed by atoms with E-state index in [-0.39, 0.29) is 61.8 Å². The number of benzene rings is 3. The van der Waals surface area contributed by atoms with E-state index in [1.165, 1.54) is 51.1 Å². The highest BCUT2D eigenvalue weighted by molar-refractivity contribution is 5.95. The summed E-state index contributed by atoms with van der Waals surface area (Å²) >= 11 is 0. The van der Waals surface area contributed by atoms with E-state index in [2.05, 4.69) is 49.3 Å². The van der Waals surface area contributed by atoms with Crippen molar-refractivity contribution >= 4 is 41.8 Å². The van der Waals surface area contributed by atoms with Crippen molar-refractivity contribution in [3.8, 4) is 39.5 Å². The third-order valence-electron chi connectivity index (χ3n) is 10.4. The molecule has 15 nitrogen and oxygen atoms in total. The third-order valence-corrected chi connectivity index (χ3v) is 10.4. The van der Waals surface area contributed by atoms with E-state index in [1.54, 1.807) is 24.3 Å². The second kappa shape index (κ2) is 27.4. The molecule has 0 radical (unpaired) electrons. The summed E-state index contributed by atoms with van der Waals surface area (Å²) in [5.74, 6) is -6.52. The van der Waals surface area contributed by atoms with E-state index < -0.39 is 92.3 Å². The van der Waals surface area contributed by atoms with E-state index >= 15 is 4.39 Å². The molecule has 3 rings (SSSR count). The summed E-state index contributed by atoms with van der Waals surface area (Å²) < 4.78 is 59.5. The van der Waals surface area contributed by atoms with Crippen LogP contribution in [0.4, 0.5) is 4.39 Å². The molecule has 3 aromatic rings. The molecule has 0 N–H and O–H groups in total. The second-order valence-electron chi connectivity index (χ2n) is 16.7. The van der Waals surface area contributed by atoms with Crippen LogP contribution < -0.4 is 14.2 Å². The van der Waals surface area contributed by atoms with Crippen molar-refractivity contribution < 1.29 is 75.8 Å². The fraction of sp³-hybridized carbons (Fsp3) is 0.352. The van der Waals surface area contributed by atoms with Gasteiger partial charge in [0, 0.05) is 44.6 Å². The Hall–Kier alpha value is -7.62. The Morgan fingerprint density at radius 2 is 1.01 bits per heavy atom. The summed E-state index contributed by atoms with van der Waals surface area (Å²) in [6.07, 6.45) is 4.89. The van der Waals surface area contributed by atoms with Gasteiger partial charge in [-0.15, -0.1) is 0 Å². The summed E-state index contributed by atoms with van der Waals surface area (Å²) in [4.78, 5) is 88.5. The molecule has 0 saturated heterocycles. The van der Waals surface area contributed by atoms with Crippen molar-refractivity contribution in [1.29, 1.82) is 0 Å². The Balaban J connectivity index is 2.12. The minimum Gasteiger partial charge on any atom is -0.493 e. The van der Waals surface area contributed by atoms with Gasteiger partial charge in [0.05, 0.1) is 27.1 Å². The number of ether oxygens (including phenoxy) is 8. The number of rotatable bonds is 28. The number of methoxy groups -OCH3 is 2. The number of hydrogen-bond donors (Lipinski definition) is 0. The molecule has 70 heavy (non-hydrogen) atoms. The number of halogens is 1. The standard InChI is InChI=1S/C54H61FO15/c1-12-13-14-15-16-17-38-18-23-41(44(55)26-38)43-28-45(69-50(59)34(4)5)42(27-46(43)70-51(60)35(6)7)39-19-21-40(22-20-39)65-29-54(30-66-49(58)33(2)3,31-67-52(61)36(8)24-47(56)63-10)32-68-53(62)37(9)25-48(57)64-11/h18-23,26-28H,2,4,6,8-9,12-17,24-25,29-32H2,1,3,5,7,10-11H3. The first-order valence-corrected chi connectivity index (χ1v) is 22.3. The van der Waals surface area contributed by atoms with Crippen molar-refractivity contribution in [2.75, 3.05) is 40.6 Å². The van der Waals surface area contributed by atoms with E-state index in [1.807, 2.05) is 0 Å². The van der Waals surface area contributed by atoms with Crippen molar-refractivity contribution in [2.45, 2.75) is 79.1 Å². The van der Waals surface area contributed by atoms with Crippen molar-refractivity contribution in [3.63, 3.8) is 0 Å². The average molecular weight is 969 g/mol. The molecule has 0 aromatic heterocycles. The third kappa shape index (κ3) is 17.5. The van der Waals surface area contributed by atoms with Crippen molar-refractivity contribution in [3.05, 3.63) is 127 Å². The highest BCUT2D eigenvalue weighted by Crippen LogP contribution is 2.43. The number of aryl methyl sites for hydroxylation is 1. The lowest BCUT2D eigenvalue weighted by Gasteiger charge is -2.32. The maximum atomic E-state index is 16.1. The van der Waals surface area contributed by atoms with Gasteiger partial charge in [-0.2, -0.15) is 0 Å². The molecule has 0 bridgehead atoms. The number of esters is 7. The van der Waals surface area contributed by atoms with Gasteiger partial charge in [-0.05, 0) is 75.1 Å². The van der Waals surface area contributed by atoms with Crippen molar-refractivity contribution in [1.82, 2.24) is 0 Å². The van der Waals surface area contributed by atoms with Crippen LogP contribution in [0.25, 0.3) is 22.3 Å². The number of hydrogen-bond acceptors (Lipinski definition) is 15. The summed E-state index contributed by atoms with van der Waals surface area (Å²) in [5.41, 5.74) is -0.449. The van der Waals surface area contributed by atoms with E-state index in [4.69, 9.17) is 28.4 Å². The SMILES string of the molecule is C=C(C)C(=O)OCC(COC(=O)C(=C)CC(=O)OC)(COC(=O)C(=C)CC(=O)OC)COc1ccc(-c2cc(OC(=O)C(=C)C)c(-c3ccc(CCCCCCC)cc3F)cc2OC(=O)C(=C)C)cc1. The first kappa shape index (κ1) is 56.7. The molecule has 0 fully saturated rings. The first-order chi connectivity index (χ1) is 33.1. The largest absolute Gasteiger partial charge is 0.493 e. The maximum absolute atomic E-state index is 16.1. The van der Waals surface area contributed by atoms with Crippen LogP contribution >= 0.6 is 0 Å². The van der Waals surface area contributed by atoms with Gasteiger partial charge in [-0.3, -0.25) is 9.59 Å². The molecule has 16 heteroatoms. The molecule has 0 unspecified atom stereocenters. The van der Waals surface area contributed by atoms with Crippen LogP contribution in [0, 0.1) is 11.2 Å². The average Bonchev–Trinajstić information content (AvgIpc) is 3.33. The molecule has 0 aliphatic carbocycles. The molecule has 0 aliphatic rings. The van der Waals surface area contributed by atoms with Crippen LogP contribution in [0.15, 0.2) is 115 Å². The fourth-order valence-electron chi connectivity index (χ4n) is 6.24. The normalized spacial score (nSPS) is 10.7. The lowest BCUT2D eigenvalue weighted by atomic mass is 9.92. The smallest absolute Gasteiger partial charge is 0.338 e. The molecule has 0 amide bonds. The summed E-state index contributed by atoms with van der Waals surface area (Å²) in [6.45, 7) is 22.2. The monoisotopic (exact) mass is 968 g/mol. The topological polar surface area (TPSA) is 193 Å². The van der Waals surface area contributed by atoms with E-state index in [0.29, 0.717) is 12.0 Å². The molecular formula is C54H61FO15. The van der Waals surface area contributed by atoms with Gasteiger partial charge in [0.15, 0.2) is 0 Å². The van der Waals surface area contributed by atoms with E-state index in [9.17, 15) is 33.6 Å². The molecule has 3 aromatic carbocycles. The molecule has 0 atom stereocenters. The molecule has 0 aliphatic heterocycles. The molecule has 0 spiro atoms. The molecular weight excluding hydrogens is 908 g/mol. The minimum atomic E-state index is -1.67. The summed E-state index contributed by atoms with van der Waals surface area (Å²) in [5, 5.41) is 0. The van der Waals surface area contributed by atoms with Gasteiger partial charge >= 0.3 is 41.8 Å². The minimum absolute atomic E-state index is 0.0164. The van der Waals surface area contributed by atoms with Crippen LogP contribution in [0.2, 0.25) is 0 Å². The predicted octanol–water partition coefficient (Wildman–Crippen LogP) is 9.45. The highest BCUT2D eigenvalue weighted by atomic mass is 19.1. The zero-order valence-electron chi connectivity index (χ0n) is 40.7. The number of unbranched alkanes of at least 4 members (excludes halogenated alkanes) is 4. The first-order valence-electron chi connectivity index (χ1n) is 22.3. The Morgan fingerprint density at radius 3 is 1.49 bits per heavy atom. The van der Waals surface area contributed by atoms with Gasteiger partial charge in [0.2, 0.25) is 0 Å². The van der Waals surface area contributed by atoms with Crippen LogP contribution in [0.1, 0.15) is 78.2 Å². The lowest BCUT2D eigenvalue weighted by molar-refractivity contribution is -0.161. The lowest BCUT2D eigenvalue weighted by Crippen LogP contribution is -2.44. The van der Waals surface area contributed by atoms with Crippen LogP contribution in [-0.2, 0) is 63.7 Å². The summed E-state index contributed by atoms with van der Waals surface area (Å²) in [6, 6.07) is 13.8. The molecule has 0 heterocycles. The van der Waals surface area contributed by atoms with Gasteiger partial charge in [0.1, 0.15) is 54.9 Å². The zero-order valence-corrected chi connectivity index (χ0v) is 40.7. The van der Waals surface area contributed by atoms with Crippen molar-refractivity contribution in [2.24, 2.45) is 5.41 Å². The maximum Gasteiger partial charge on any atom is 0.338 e. The Kier molecular flexibility index (Phi) is 22.2. The Morgan fingerprint density at radius 1 is 0.543 bits per heavy atom. The van der Waals surface area contributed by atoms with Crippen LogP contribution in [-0.4, -0.2) is 82.4 Å². The Labute approximate surface area is 407 Å². The number of carbonyl (C=O) groups excluding carboxylic acids is 7. The quantitative estimate of drug-likeness (QED) is 0.0219. The highest BCUT2D eigenvalue weighted by Gasteiger charge is 2.38. The van der Waals surface area contributed by atoms with Gasteiger partial charge < -0.3 is 37.9 Å². The van der Waals surface area contributed by atoms with Crippen LogP contribution in [0.3, 0.4) is 0 Å². The second-order valence-corrected chi connectivity index (χ2v) is 16.7. The molecule has 374 valence electrons. The molecule has 0 saturated carbocycles. The Bertz CT molecular complexity index is 2450. The number of carbonyl (C=O) groups is 7. The fourth-order valence-corrected chi connectivity index (χ4v) is 6.24. The van der Waals surface area contributed by atoms with Crippen LogP contribution in [0.5, 0.6) is 17.2 Å². The van der Waals surface area contributed by atoms with Gasteiger partial charge in [-0.25, -0.2) is 28.4 Å². The summed E-state index contributed by atoms with van der Waals surface area (Å²) in [7, 11) is 2.25.